The predicted octanol–water partition coefficient (Wildman–Crippen LogP) is 4.39. The first-order valence-corrected chi connectivity index (χ1v) is 7.10. The standard InChI is InChI=1S/C15H19ClN4/c1-4-10(2)17-15-18-11(3)9-14(20-15)19-13-8-6-5-7-12(13)16/h5-10H,4H2,1-3H3,(H2,17,18,19,20). The molecule has 0 aliphatic carbocycles. The van der Waals surface area contributed by atoms with E-state index >= 15 is 0 Å². The number of rotatable bonds is 5. The van der Waals surface area contributed by atoms with E-state index in [4.69, 9.17) is 11.6 Å². The molecule has 0 radical (unpaired) electrons. The summed E-state index contributed by atoms with van der Waals surface area (Å²) < 4.78 is 0. The Balaban J connectivity index is 2.22. The third-order valence-electron chi connectivity index (χ3n) is 2.98. The Bertz CT molecular complexity index is 586. The van der Waals surface area contributed by atoms with Gasteiger partial charge in [0.1, 0.15) is 5.82 Å². The summed E-state index contributed by atoms with van der Waals surface area (Å²) in [6, 6.07) is 9.82. The second-order valence-corrected chi connectivity index (χ2v) is 5.18. The molecule has 1 aromatic heterocycles. The van der Waals surface area contributed by atoms with Gasteiger partial charge in [-0.2, -0.15) is 4.98 Å². The quantitative estimate of drug-likeness (QED) is 0.857. The SMILES string of the molecule is CCC(C)Nc1nc(C)cc(Nc2ccccc2Cl)n1. The van der Waals surface area contributed by atoms with Crippen molar-refractivity contribution in [1.82, 2.24) is 9.97 Å². The molecule has 20 heavy (non-hydrogen) atoms. The molecule has 106 valence electrons. The number of hydrogen-bond donors (Lipinski definition) is 2. The Morgan fingerprint density at radius 2 is 2.00 bits per heavy atom. The molecule has 1 unspecified atom stereocenters. The second kappa shape index (κ2) is 6.57. The van der Waals surface area contributed by atoms with Crippen molar-refractivity contribution in [3.63, 3.8) is 0 Å². The van der Waals surface area contributed by atoms with Crippen molar-refractivity contribution < 1.29 is 0 Å². The normalized spacial score (nSPS) is 12.0. The molecule has 0 spiro atoms. The summed E-state index contributed by atoms with van der Waals surface area (Å²) in [7, 11) is 0. The first-order chi connectivity index (χ1) is 9.58. The first-order valence-electron chi connectivity index (χ1n) is 6.72. The molecule has 0 bridgehead atoms. The highest BCUT2D eigenvalue weighted by Gasteiger charge is 2.06. The molecule has 0 amide bonds. The van der Waals surface area contributed by atoms with Gasteiger partial charge in [0.2, 0.25) is 5.95 Å². The molecule has 0 saturated heterocycles. The fourth-order valence-electron chi connectivity index (χ4n) is 1.72. The van der Waals surface area contributed by atoms with E-state index in [0.29, 0.717) is 17.0 Å². The summed E-state index contributed by atoms with van der Waals surface area (Å²) in [4.78, 5) is 8.86. The van der Waals surface area contributed by atoms with Crippen LogP contribution in [-0.2, 0) is 0 Å². The van der Waals surface area contributed by atoms with E-state index in [1.54, 1.807) is 0 Å². The smallest absolute Gasteiger partial charge is 0.225 e. The average Bonchev–Trinajstić information content (AvgIpc) is 2.40. The lowest BCUT2D eigenvalue weighted by Crippen LogP contribution is -2.16. The predicted molar refractivity (Wildman–Crippen MR) is 84.9 cm³/mol. The van der Waals surface area contributed by atoms with Crippen LogP contribution in [0.15, 0.2) is 30.3 Å². The zero-order valence-electron chi connectivity index (χ0n) is 11.9. The molecular formula is C15H19ClN4. The second-order valence-electron chi connectivity index (χ2n) is 4.78. The van der Waals surface area contributed by atoms with E-state index in [2.05, 4.69) is 34.4 Å². The van der Waals surface area contributed by atoms with Gasteiger partial charge in [-0.05, 0) is 32.4 Å². The number of halogens is 1. The van der Waals surface area contributed by atoms with Crippen LogP contribution in [-0.4, -0.2) is 16.0 Å². The van der Waals surface area contributed by atoms with Crippen molar-refractivity contribution in [3.8, 4) is 0 Å². The number of nitrogens with zero attached hydrogens (tertiary/aromatic N) is 2. The Morgan fingerprint density at radius 1 is 1.25 bits per heavy atom. The molecule has 0 fully saturated rings. The minimum atomic E-state index is 0.338. The maximum Gasteiger partial charge on any atom is 0.225 e. The van der Waals surface area contributed by atoms with E-state index in [-0.39, 0.29) is 0 Å². The van der Waals surface area contributed by atoms with Crippen LogP contribution < -0.4 is 10.6 Å². The van der Waals surface area contributed by atoms with Crippen LogP contribution >= 0.6 is 11.6 Å². The molecule has 5 heteroatoms. The fourth-order valence-corrected chi connectivity index (χ4v) is 1.90. The van der Waals surface area contributed by atoms with Crippen molar-refractivity contribution in [2.75, 3.05) is 10.6 Å². The highest BCUT2D eigenvalue weighted by atomic mass is 35.5. The zero-order valence-corrected chi connectivity index (χ0v) is 12.7. The Hall–Kier alpha value is -1.81. The molecule has 0 saturated carbocycles. The first kappa shape index (κ1) is 14.6. The van der Waals surface area contributed by atoms with Crippen molar-refractivity contribution >= 4 is 29.1 Å². The van der Waals surface area contributed by atoms with Crippen LogP contribution in [0.1, 0.15) is 26.0 Å². The van der Waals surface area contributed by atoms with Gasteiger partial charge < -0.3 is 10.6 Å². The van der Waals surface area contributed by atoms with Gasteiger partial charge in [-0.15, -0.1) is 0 Å². The number of hydrogen-bond acceptors (Lipinski definition) is 4. The molecule has 2 rings (SSSR count). The molecule has 2 N–H and O–H groups in total. The van der Waals surface area contributed by atoms with Gasteiger partial charge in [0.25, 0.3) is 0 Å². The zero-order chi connectivity index (χ0) is 14.5. The highest BCUT2D eigenvalue weighted by Crippen LogP contribution is 2.24. The lowest BCUT2D eigenvalue weighted by atomic mass is 10.3. The van der Waals surface area contributed by atoms with Gasteiger partial charge in [-0.3, -0.25) is 0 Å². The molecule has 0 aliphatic heterocycles. The Morgan fingerprint density at radius 3 is 2.70 bits per heavy atom. The summed E-state index contributed by atoms with van der Waals surface area (Å²) in [5.74, 6) is 1.37. The monoisotopic (exact) mass is 290 g/mol. The van der Waals surface area contributed by atoms with E-state index in [1.807, 2.05) is 37.3 Å². The number of aryl methyl sites for hydroxylation is 1. The molecule has 1 aromatic carbocycles. The average molecular weight is 291 g/mol. The van der Waals surface area contributed by atoms with Crippen LogP contribution in [0.4, 0.5) is 17.5 Å². The van der Waals surface area contributed by atoms with Gasteiger partial charge in [0.05, 0.1) is 10.7 Å². The lowest BCUT2D eigenvalue weighted by Gasteiger charge is -2.14. The van der Waals surface area contributed by atoms with Crippen molar-refractivity contribution in [2.24, 2.45) is 0 Å². The largest absolute Gasteiger partial charge is 0.352 e. The number of para-hydroxylation sites is 1. The summed E-state index contributed by atoms with van der Waals surface area (Å²) in [5, 5.41) is 7.17. The molecule has 0 aliphatic rings. The fraction of sp³-hybridized carbons (Fsp3) is 0.333. The maximum absolute atomic E-state index is 6.14. The number of aromatic nitrogens is 2. The number of anilines is 3. The van der Waals surface area contributed by atoms with Crippen LogP contribution in [0.5, 0.6) is 0 Å². The maximum atomic E-state index is 6.14. The van der Waals surface area contributed by atoms with Gasteiger partial charge in [0.15, 0.2) is 0 Å². The van der Waals surface area contributed by atoms with Crippen molar-refractivity contribution in [2.45, 2.75) is 33.2 Å². The van der Waals surface area contributed by atoms with E-state index in [0.717, 1.165) is 23.6 Å². The third kappa shape index (κ3) is 3.84. The Labute approximate surface area is 124 Å². The van der Waals surface area contributed by atoms with Crippen LogP contribution in [0, 0.1) is 6.92 Å². The van der Waals surface area contributed by atoms with Crippen molar-refractivity contribution in [3.05, 3.63) is 41.0 Å². The van der Waals surface area contributed by atoms with Crippen LogP contribution in [0.3, 0.4) is 0 Å². The van der Waals surface area contributed by atoms with Gasteiger partial charge in [-0.1, -0.05) is 30.7 Å². The number of nitrogens with one attached hydrogen (secondary N) is 2. The molecule has 1 heterocycles. The van der Waals surface area contributed by atoms with Crippen molar-refractivity contribution in [1.29, 1.82) is 0 Å². The minimum absolute atomic E-state index is 0.338. The third-order valence-corrected chi connectivity index (χ3v) is 3.31. The van der Waals surface area contributed by atoms with Gasteiger partial charge in [-0.25, -0.2) is 4.98 Å². The lowest BCUT2D eigenvalue weighted by molar-refractivity contribution is 0.752. The highest BCUT2D eigenvalue weighted by molar-refractivity contribution is 6.33. The Kier molecular flexibility index (Phi) is 4.79. The molecular weight excluding hydrogens is 272 g/mol. The van der Waals surface area contributed by atoms with E-state index in [1.165, 1.54) is 0 Å². The summed E-state index contributed by atoms with van der Waals surface area (Å²) in [6.45, 7) is 6.17. The molecule has 1 atom stereocenters. The van der Waals surface area contributed by atoms with Crippen LogP contribution in [0.2, 0.25) is 5.02 Å². The topological polar surface area (TPSA) is 49.8 Å². The summed E-state index contributed by atoms with van der Waals surface area (Å²) in [6.07, 6.45) is 1.02. The number of benzene rings is 1. The van der Waals surface area contributed by atoms with E-state index < -0.39 is 0 Å². The molecule has 4 nitrogen and oxygen atoms in total. The van der Waals surface area contributed by atoms with E-state index in [9.17, 15) is 0 Å². The summed E-state index contributed by atoms with van der Waals surface area (Å²) in [5.41, 5.74) is 1.74. The molecule has 2 aromatic rings. The minimum Gasteiger partial charge on any atom is -0.352 e. The van der Waals surface area contributed by atoms with Crippen LogP contribution in [0.25, 0.3) is 0 Å². The van der Waals surface area contributed by atoms with Gasteiger partial charge in [0, 0.05) is 17.8 Å². The summed E-state index contributed by atoms with van der Waals surface area (Å²) >= 11 is 6.14. The van der Waals surface area contributed by atoms with Gasteiger partial charge >= 0.3 is 0 Å².